The number of benzene rings is 1. The fourth-order valence-electron chi connectivity index (χ4n) is 2.98. The lowest BCUT2D eigenvalue weighted by molar-refractivity contribution is 0.421. The van der Waals surface area contributed by atoms with E-state index in [1.54, 1.807) is 25.3 Å². The molecule has 0 saturated carbocycles. The molecule has 0 amide bonds. The molecule has 0 spiro atoms. The van der Waals surface area contributed by atoms with Crippen LogP contribution in [0.2, 0.25) is 0 Å². The monoisotopic (exact) mass is 570 g/mol. The summed E-state index contributed by atoms with van der Waals surface area (Å²) in [6.45, 7) is 5.48. The molecule has 2 N–H and O–H groups in total. The van der Waals surface area contributed by atoms with Gasteiger partial charge in [0.05, 0.1) is 11.4 Å². The highest BCUT2D eigenvalue weighted by molar-refractivity contribution is 14.0. The van der Waals surface area contributed by atoms with Crippen LogP contribution in [-0.2, 0) is 22.8 Å². The molecule has 0 atom stereocenters. The Morgan fingerprint density at radius 3 is 2.66 bits per heavy atom. The highest BCUT2D eigenvalue weighted by Gasteiger charge is 2.11. The molecular formula is C21H27IN6O3S. The van der Waals surface area contributed by atoms with Crippen LogP contribution in [-0.4, -0.2) is 48.8 Å². The number of aromatic nitrogens is 3. The molecule has 2 heterocycles. The zero-order valence-electron chi connectivity index (χ0n) is 18.2. The minimum atomic E-state index is -3.23. The predicted molar refractivity (Wildman–Crippen MR) is 134 cm³/mol. The number of hydrogen-bond donors (Lipinski definition) is 2. The molecule has 172 valence electrons. The van der Waals surface area contributed by atoms with Gasteiger partial charge >= 0.3 is 0 Å². The summed E-state index contributed by atoms with van der Waals surface area (Å²) in [5, 5.41) is 10.4. The third-order valence-corrected chi connectivity index (χ3v) is 5.65. The molecule has 32 heavy (non-hydrogen) atoms. The standard InChI is InChI=1S/C21H26N6O3S.HI/c1-4-22-21(25-14-16-8-9-18(15(2)13-16)31(3,28)29)24-12-10-19-26-20(30-27-19)17-7-5-6-11-23-17;/h5-9,11,13H,4,10,12,14H2,1-3H3,(H2,22,24,25);1H. The summed E-state index contributed by atoms with van der Waals surface area (Å²) in [6.07, 6.45) is 3.45. The van der Waals surface area contributed by atoms with Gasteiger partial charge in [-0.05, 0) is 43.2 Å². The number of hydrogen-bond acceptors (Lipinski definition) is 7. The Labute approximate surface area is 205 Å². The predicted octanol–water partition coefficient (Wildman–Crippen LogP) is 2.76. The molecule has 0 aliphatic heterocycles. The third kappa shape index (κ3) is 7.26. The van der Waals surface area contributed by atoms with Gasteiger partial charge in [0.25, 0.3) is 5.89 Å². The fraction of sp³-hybridized carbons (Fsp3) is 0.333. The van der Waals surface area contributed by atoms with Crippen LogP contribution in [0.3, 0.4) is 0 Å². The summed E-state index contributed by atoms with van der Waals surface area (Å²) in [5.41, 5.74) is 2.29. The molecule has 0 fully saturated rings. The first-order valence-electron chi connectivity index (χ1n) is 9.92. The van der Waals surface area contributed by atoms with Crippen LogP contribution in [0.5, 0.6) is 0 Å². The summed E-state index contributed by atoms with van der Waals surface area (Å²) in [6, 6.07) is 10.8. The van der Waals surface area contributed by atoms with E-state index in [2.05, 4.69) is 30.8 Å². The molecule has 0 bridgehead atoms. The Kier molecular flexibility index (Phi) is 9.57. The van der Waals surface area contributed by atoms with E-state index in [4.69, 9.17) is 4.52 Å². The maximum Gasteiger partial charge on any atom is 0.276 e. The SMILES string of the molecule is CCNC(=NCc1ccc(S(C)(=O)=O)c(C)c1)NCCc1noc(-c2ccccn2)n1.I. The normalized spacial score (nSPS) is 11.7. The van der Waals surface area contributed by atoms with Crippen molar-refractivity contribution in [1.82, 2.24) is 25.8 Å². The number of sulfone groups is 1. The van der Waals surface area contributed by atoms with Crippen molar-refractivity contribution in [3.05, 3.63) is 59.5 Å². The lowest BCUT2D eigenvalue weighted by Gasteiger charge is -2.11. The van der Waals surface area contributed by atoms with Gasteiger partial charge in [-0.1, -0.05) is 23.4 Å². The van der Waals surface area contributed by atoms with Gasteiger partial charge in [-0.25, -0.2) is 13.4 Å². The minimum absolute atomic E-state index is 0. The second kappa shape index (κ2) is 11.9. The van der Waals surface area contributed by atoms with E-state index >= 15 is 0 Å². The van der Waals surface area contributed by atoms with E-state index in [1.807, 2.05) is 31.2 Å². The first-order chi connectivity index (χ1) is 14.9. The molecule has 3 aromatic rings. The number of pyridine rings is 1. The molecule has 0 saturated heterocycles. The molecule has 1 aromatic carbocycles. The first kappa shape index (κ1) is 25.7. The van der Waals surface area contributed by atoms with Crippen LogP contribution >= 0.6 is 24.0 Å². The molecule has 0 unspecified atom stereocenters. The second-order valence-electron chi connectivity index (χ2n) is 6.97. The highest BCUT2D eigenvalue weighted by atomic mass is 127. The zero-order chi connectivity index (χ0) is 22.3. The molecule has 3 rings (SSSR count). The van der Waals surface area contributed by atoms with E-state index in [0.29, 0.717) is 59.9 Å². The summed E-state index contributed by atoms with van der Waals surface area (Å²) < 4.78 is 28.8. The minimum Gasteiger partial charge on any atom is -0.357 e. The topological polar surface area (TPSA) is 122 Å². The number of nitrogens with zero attached hydrogens (tertiary/aromatic N) is 4. The van der Waals surface area contributed by atoms with Crippen LogP contribution in [0.4, 0.5) is 0 Å². The third-order valence-electron chi connectivity index (χ3n) is 4.40. The Bertz CT molecular complexity index is 1150. The van der Waals surface area contributed by atoms with E-state index < -0.39 is 9.84 Å². The summed E-state index contributed by atoms with van der Waals surface area (Å²) in [5.74, 6) is 1.63. The lowest BCUT2D eigenvalue weighted by atomic mass is 10.1. The van der Waals surface area contributed by atoms with Gasteiger partial charge < -0.3 is 15.2 Å². The van der Waals surface area contributed by atoms with E-state index in [-0.39, 0.29) is 24.0 Å². The van der Waals surface area contributed by atoms with Crippen molar-refractivity contribution in [3.8, 4) is 11.6 Å². The van der Waals surface area contributed by atoms with Crippen LogP contribution in [0.1, 0.15) is 23.9 Å². The summed E-state index contributed by atoms with van der Waals surface area (Å²) >= 11 is 0. The number of halogens is 1. The van der Waals surface area contributed by atoms with Gasteiger partial charge in [0.1, 0.15) is 5.69 Å². The van der Waals surface area contributed by atoms with Crippen molar-refractivity contribution in [2.24, 2.45) is 4.99 Å². The van der Waals surface area contributed by atoms with Crippen molar-refractivity contribution in [2.75, 3.05) is 19.3 Å². The second-order valence-corrected chi connectivity index (χ2v) is 8.96. The van der Waals surface area contributed by atoms with Gasteiger partial charge in [-0.3, -0.25) is 4.98 Å². The zero-order valence-corrected chi connectivity index (χ0v) is 21.3. The van der Waals surface area contributed by atoms with Crippen LogP contribution in [0.15, 0.2) is 57.0 Å². The largest absolute Gasteiger partial charge is 0.357 e. The van der Waals surface area contributed by atoms with Gasteiger partial charge in [0, 0.05) is 32.0 Å². The molecule has 0 aliphatic rings. The molecule has 2 aromatic heterocycles. The number of nitrogens with one attached hydrogen (secondary N) is 2. The molecule has 0 radical (unpaired) electrons. The van der Waals surface area contributed by atoms with Crippen molar-refractivity contribution in [2.45, 2.75) is 31.7 Å². The van der Waals surface area contributed by atoms with Crippen molar-refractivity contribution in [3.63, 3.8) is 0 Å². The smallest absolute Gasteiger partial charge is 0.276 e. The van der Waals surface area contributed by atoms with Gasteiger partial charge in [0.15, 0.2) is 21.6 Å². The number of aryl methyl sites for hydroxylation is 1. The Hall–Kier alpha value is -2.54. The van der Waals surface area contributed by atoms with E-state index in [0.717, 1.165) is 5.56 Å². The summed E-state index contributed by atoms with van der Waals surface area (Å²) in [7, 11) is -3.23. The quantitative estimate of drug-likeness (QED) is 0.241. The lowest BCUT2D eigenvalue weighted by Crippen LogP contribution is -2.38. The van der Waals surface area contributed by atoms with Crippen LogP contribution in [0, 0.1) is 6.92 Å². The number of rotatable bonds is 8. The van der Waals surface area contributed by atoms with Crippen molar-refractivity contribution >= 4 is 39.8 Å². The Morgan fingerprint density at radius 2 is 2.00 bits per heavy atom. The molecular weight excluding hydrogens is 543 g/mol. The molecule has 9 nitrogen and oxygen atoms in total. The van der Waals surface area contributed by atoms with Crippen molar-refractivity contribution < 1.29 is 12.9 Å². The van der Waals surface area contributed by atoms with Crippen LogP contribution < -0.4 is 10.6 Å². The summed E-state index contributed by atoms with van der Waals surface area (Å²) in [4.78, 5) is 13.5. The van der Waals surface area contributed by atoms with Crippen LogP contribution in [0.25, 0.3) is 11.6 Å². The average Bonchev–Trinajstić information content (AvgIpc) is 3.21. The number of guanidine groups is 1. The van der Waals surface area contributed by atoms with Gasteiger partial charge in [0.2, 0.25) is 0 Å². The highest BCUT2D eigenvalue weighted by Crippen LogP contribution is 2.17. The fourth-order valence-corrected chi connectivity index (χ4v) is 3.94. The van der Waals surface area contributed by atoms with E-state index in [1.165, 1.54) is 6.26 Å². The van der Waals surface area contributed by atoms with Crippen molar-refractivity contribution in [1.29, 1.82) is 0 Å². The molecule has 11 heteroatoms. The average molecular weight is 570 g/mol. The first-order valence-corrected chi connectivity index (χ1v) is 11.8. The maximum atomic E-state index is 11.8. The molecule has 0 aliphatic carbocycles. The van der Waals surface area contributed by atoms with Gasteiger partial charge in [-0.15, -0.1) is 24.0 Å². The van der Waals surface area contributed by atoms with Gasteiger partial charge in [-0.2, -0.15) is 4.98 Å². The maximum absolute atomic E-state index is 11.8. The van der Waals surface area contributed by atoms with E-state index in [9.17, 15) is 8.42 Å². The Balaban J connectivity index is 0.00000363. The Morgan fingerprint density at radius 1 is 1.19 bits per heavy atom. The number of aliphatic imine (C=N–C) groups is 1.